The summed E-state index contributed by atoms with van der Waals surface area (Å²) in [7, 11) is 4.04. The van der Waals surface area contributed by atoms with E-state index in [-0.39, 0.29) is 5.91 Å². The SMILES string of the molecule is CC1Cc2ccccc2N1Cc1ccoc1C(=O)Nc1ccn(CCN(C)C)n1. The normalized spacial score (nSPS) is 15.7. The maximum atomic E-state index is 12.8. The molecule has 7 nitrogen and oxygen atoms in total. The van der Waals surface area contributed by atoms with E-state index in [2.05, 4.69) is 51.4 Å². The number of fused-ring (bicyclic) bond motifs is 1. The minimum Gasteiger partial charge on any atom is -0.459 e. The number of hydrogen-bond acceptors (Lipinski definition) is 5. The van der Waals surface area contributed by atoms with Crippen LogP contribution in [0.4, 0.5) is 11.5 Å². The third-order valence-corrected chi connectivity index (χ3v) is 5.30. The number of anilines is 2. The molecule has 0 saturated heterocycles. The smallest absolute Gasteiger partial charge is 0.292 e. The lowest BCUT2D eigenvalue weighted by Crippen LogP contribution is -2.29. The molecular formula is C22H27N5O2. The van der Waals surface area contributed by atoms with Gasteiger partial charge in [-0.25, -0.2) is 0 Å². The van der Waals surface area contributed by atoms with Crippen LogP contribution in [0, 0.1) is 0 Å². The predicted molar refractivity (Wildman–Crippen MR) is 113 cm³/mol. The fraction of sp³-hybridized carbons (Fsp3) is 0.364. The molecule has 4 rings (SSSR count). The molecule has 1 amide bonds. The summed E-state index contributed by atoms with van der Waals surface area (Å²) in [6, 6.07) is 12.5. The Morgan fingerprint density at radius 2 is 2.10 bits per heavy atom. The highest BCUT2D eigenvalue weighted by atomic mass is 16.3. The average Bonchev–Trinajstić information content (AvgIpc) is 3.40. The molecule has 1 aromatic carbocycles. The Morgan fingerprint density at radius 3 is 2.93 bits per heavy atom. The zero-order valence-corrected chi connectivity index (χ0v) is 17.1. The third kappa shape index (κ3) is 4.19. The number of amides is 1. The summed E-state index contributed by atoms with van der Waals surface area (Å²) >= 11 is 0. The van der Waals surface area contributed by atoms with Crippen LogP contribution in [-0.2, 0) is 19.5 Å². The Morgan fingerprint density at radius 1 is 1.28 bits per heavy atom. The van der Waals surface area contributed by atoms with Gasteiger partial charge in [-0.3, -0.25) is 9.48 Å². The lowest BCUT2D eigenvalue weighted by Gasteiger charge is -2.24. The minimum atomic E-state index is -0.275. The summed E-state index contributed by atoms with van der Waals surface area (Å²) in [5.74, 6) is 0.586. The van der Waals surface area contributed by atoms with Gasteiger partial charge in [0, 0.05) is 42.6 Å². The van der Waals surface area contributed by atoms with Gasteiger partial charge in [0.15, 0.2) is 11.6 Å². The van der Waals surface area contributed by atoms with Gasteiger partial charge in [-0.2, -0.15) is 5.10 Å². The molecule has 1 unspecified atom stereocenters. The molecule has 7 heteroatoms. The lowest BCUT2D eigenvalue weighted by atomic mass is 10.1. The van der Waals surface area contributed by atoms with Crippen molar-refractivity contribution < 1.29 is 9.21 Å². The number of nitrogens with one attached hydrogen (secondary N) is 1. The van der Waals surface area contributed by atoms with Crippen molar-refractivity contribution in [2.24, 2.45) is 0 Å². The number of para-hydroxylation sites is 1. The summed E-state index contributed by atoms with van der Waals surface area (Å²) < 4.78 is 7.36. The van der Waals surface area contributed by atoms with Crippen LogP contribution in [0.25, 0.3) is 0 Å². The van der Waals surface area contributed by atoms with E-state index < -0.39 is 0 Å². The summed E-state index contributed by atoms with van der Waals surface area (Å²) in [4.78, 5) is 17.2. The number of rotatable bonds is 7. The minimum absolute atomic E-state index is 0.275. The molecule has 29 heavy (non-hydrogen) atoms. The molecule has 152 valence electrons. The van der Waals surface area contributed by atoms with E-state index in [1.807, 2.05) is 31.0 Å². The molecule has 1 aliphatic rings. The highest BCUT2D eigenvalue weighted by Gasteiger charge is 2.27. The second kappa shape index (κ2) is 8.13. The summed E-state index contributed by atoms with van der Waals surface area (Å²) in [6.07, 6.45) is 4.46. The number of carbonyl (C=O) groups excluding carboxylic acids is 1. The van der Waals surface area contributed by atoms with Crippen LogP contribution in [0.15, 0.2) is 53.3 Å². The Labute approximate surface area is 170 Å². The van der Waals surface area contributed by atoms with Crippen LogP contribution < -0.4 is 10.2 Å². The molecule has 0 spiro atoms. The molecule has 0 saturated carbocycles. The Hall–Kier alpha value is -3.06. The van der Waals surface area contributed by atoms with E-state index in [1.165, 1.54) is 11.3 Å². The number of nitrogens with zero attached hydrogens (tertiary/aromatic N) is 4. The number of benzene rings is 1. The van der Waals surface area contributed by atoms with Crippen molar-refractivity contribution in [3.05, 3.63) is 65.7 Å². The van der Waals surface area contributed by atoms with Crippen LogP contribution in [-0.4, -0.2) is 47.3 Å². The summed E-state index contributed by atoms with van der Waals surface area (Å²) in [5, 5.41) is 7.26. The zero-order valence-electron chi connectivity index (χ0n) is 17.1. The molecule has 0 bridgehead atoms. The van der Waals surface area contributed by atoms with Crippen molar-refractivity contribution in [1.29, 1.82) is 0 Å². The second-order valence-corrected chi connectivity index (χ2v) is 7.81. The fourth-order valence-electron chi connectivity index (χ4n) is 3.74. The summed E-state index contributed by atoms with van der Waals surface area (Å²) in [6.45, 7) is 4.49. The van der Waals surface area contributed by atoms with E-state index in [9.17, 15) is 4.79 Å². The van der Waals surface area contributed by atoms with Gasteiger partial charge in [-0.05, 0) is 45.1 Å². The van der Waals surface area contributed by atoms with Crippen LogP contribution in [0.3, 0.4) is 0 Å². The molecule has 1 aliphatic heterocycles. The van der Waals surface area contributed by atoms with Crippen LogP contribution >= 0.6 is 0 Å². The molecule has 1 N–H and O–H groups in total. The zero-order chi connectivity index (χ0) is 20.4. The second-order valence-electron chi connectivity index (χ2n) is 7.81. The van der Waals surface area contributed by atoms with Crippen molar-refractivity contribution in [3.8, 4) is 0 Å². The number of hydrogen-bond donors (Lipinski definition) is 1. The molecular weight excluding hydrogens is 366 g/mol. The van der Waals surface area contributed by atoms with Crippen molar-refractivity contribution >= 4 is 17.4 Å². The number of likely N-dealkylation sites (N-methyl/N-ethyl adjacent to an activating group) is 1. The van der Waals surface area contributed by atoms with Gasteiger partial charge in [-0.1, -0.05) is 18.2 Å². The maximum Gasteiger partial charge on any atom is 0.292 e. The number of aromatic nitrogens is 2. The van der Waals surface area contributed by atoms with Gasteiger partial charge < -0.3 is 19.5 Å². The largest absolute Gasteiger partial charge is 0.459 e. The first-order valence-electron chi connectivity index (χ1n) is 9.91. The van der Waals surface area contributed by atoms with Gasteiger partial charge in [0.05, 0.1) is 12.8 Å². The lowest BCUT2D eigenvalue weighted by molar-refractivity contribution is 0.0995. The third-order valence-electron chi connectivity index (χ3n) is 5.30. The predicted octanol–water partition coefficient (Wildman–Crippen LogP) is 3.24. The topological polar surface area (TPSA) is 66.5 Å². The van der Waals surface area contributed by atoms with Gasteiger partial charge in [0.25, 0.3) is 5.91 Å². The number of furan rings is 1. The summed E-state index contributed by atoms with van der Waals surface area (Å²) in [5.41, 5.74) is 3.45. The quantitative estimate of drug-likeness (QED) is 0.668. The maximum absolute atomic E-state index is 12.8. The first kappa shape index (κ1) is 19.3. The average molecular weight is 393 g/mol. The van der Waals surface area contributed by atoms with E-state index in [4.69, 9.17) is 4.42 Å². The van der Waals surface area contributed by atoms with Gasteiger partial charge in [0.2, 0.25) is 0 Å². The van der Waals surface area contributed by atoms with Crippen LogP contribution in [0.1, 0.15) is 28.6 Å². The number of carbonyl (C=O) groups is 1. The Kier molecular flexibility index (Phi) is 5.40. The van der Waals surface area contributed by atoms with Crippen LogP contribution in [0.5, 0.6) is 0 Å². The Balaban J connectivity index is 1.45. The highest BCUT2D eigenvalue weighted by molar-refractivity contribution is 6.02. The molecule has 3 heterocycles. The first-order chi connectivity index (χ1) is 14.0. The van der Waals surface area contributed by atoms with Gasteiger partial charge in [0.1, 0.15) is 0 Å². The molecule has 0 fully saturated rings. The van der Waals surface area contributed by atoms with Crippen LogP contribution in [0.2, 0.25) is 0 Å². The van der Waals surface area contributed by atoms with Crippen molar-refractivity contribution in [2.75, 3.05) is 30.9 Å². The van der Waals surface area contributed by atoms with Crippen molar-refractivity contribution in [1.82, 2.24) is 14.7 Å². The van der Waals surface area contributed by atoms with E-state index in [0.717, 1.165) is 25.1 Å². The molecule has 2 aromatic heterocycles. The molecule has 0 aliphatic carbocycles. The monoisotopic (exact) mass is 393 g/mol. The van der Waals surface area contributed by atoms with E-state index >= 15 is 0 Å². The fourth-order valence-corrected chi connectivity index (χ4v) is 3.74. The Bertz CT molecular complexity index is 991. The van der Waals surface area contributed by atoms with Crippen molar-refractivity contribution in [3.63, 3.8) is 0 Å². The highest BCUT2D eigenvalue weighted by Crippen LogP contribution is 2.33. The molecule has 3 aromatic rings. The van der Waals surface area contributed by atoms with E-state index in [0.29, 0.717) is 24.2 Å². The first-order valence-corrected chi connectivity index (χ1v) is 9.91. The molecule has 0 radical (unpaired) electrons. The molecule has 1 atom stereocenters. The standard InChI is InChI=1S/C22H27N5O2/c1-16-14-17-6-4-5-7-19(17)27(16)15-18-9-13-29-21(18)22(28)23-20-8-10-26(24-20)12-11-25(2)3/h4-10,13,16H,11-12,14-15H2,1-3H3,(H,23,24,28). The van der Waals surface area contributed by atoms with Gasteiger partial charge >= 0.3 is 0 Å². The van der Waals surface area contributed by atoms with Gasteiger partial charge in [-0.15, -0.1) is 0 Å². The van der Waals surface area contributed by atoms with E-state index in [1.54, 1.807) is 12.3 Å². The van der Waals surface area contributed by atoms with Crippen molar-refractivity contribution in [2.45, 2.75) is 32.5 Å².